The number of rotatable bonds is 2. The molecule has 2 aromatic rings. The molecule has 1 aromatic heterocycles. The third-order valence-electron chi connectivity index (χ3n) is 2.39. The first-order chi connectivity index (χ1) is 7.68. The van der Waals surface area contributed by atoms with Crippen LogP contribution in [0.1, 0.15) is 11.1 Å². The highest BCUT2D eigenvalue weighted by atomic mass is 127. The number of para-hydroxylation sites is 1. The van der Waals surface area contributed by atoms with E-state index in [1.54, 1.807) is 12.5 Å². The Hall–Kier alpha value is -1.17. The van der Waals surface area contributed by atoms with Gasteiger partial charge in [-0.05, 0) is 47.6 Å². The number of hydrogen-bond acceptors (Lipinski definition) is 3. The predicted molar refractivity (Wildman–Crippen MR) is 73.9 cm³/mol. The van der Waals surface area contributed by atoms with Crippen LogP contribution < -0.4 is 5.32 Å². The van der Waals surface area contributed by atoms with Gasteiger partial charge in [-0.2, -0.15) is 0 Å². The summed E-state index contributed by atoms with van der Waals surface area (Å²) in [6.45, 7) is 4.17. The SMILES string of the molecule is Cc1cccc(C)c1Nc1ncncc1I. The Morgan fingerprint density at radius 3 is 2.50 bits per heavy atom. The molecule has 0 atom stereocenters. The predicted octanol–water partition coefficient (Wildman–Crippen LogP) is 3.44. The zero-order valence-corrected chi connectivity index (χ0v) is 11.3. The Morgan fingerprint density at radius 1 is 1.19 bits per heavy atom. The van der Waals surface area contributed by atoms with E-state index >= 15 is 0 Å². The molecule has 4 heteroatoms. The summed E-state index contributed by atoms with van der Waals surface area (Å²) in [4.78, 5) is 8.20. The Labute approximate surface area is 108 Å². The van der Waals surface area contributed by atoms with Gasteiger partial charge in [0.2, 0.25) is 0 Å². The van der Waals surface area contributed by atoms with Gasteiger partial charge in [-0.1, -0.05) is 18.2 Å². The van der Waals surface area contributed by atoms with Gasteiger partial charge in [-0.3, -0.25) is 0 Å². The fourth-order valence-corrected chi connectivity index (χ4v) is 1.97. The maximum Gasteiger partial charge on any atom is 0.147 e. The summed E-state index contributed by atoms with van der Waals surface area (Å²) in [6, 6.07) is 6.23. The Balaban J connectivity index is 2.38. The number of aryl methyl sites for hydroxylation is 2. The van der Waals surface area contributed by atoms with Gasteiger partial charge in [0, 0.05) is 11.9 Å². The molecule has 16 heavy (non-hydrogen) atoms. The first kappa shape index (κ1) is 11.3. The fraction of sp³-hybridized carbons (Fsp3) is 0.167. The molecule has 82 valence electrons. The highest BCUT2D eigenvalue weighted by molar-refractivity contribution is 14.1. The van der Waals surface area contributed by atoms with Crippen molar-refractivity contribution in [1.82, 2.24) is 9.97 Å². The summed E-state index contributed by atoms with van der Waals surface area (Å²) in [5.41, 5.74) is 3.56. The van der Waals surface area contributed by atoms with Gasteiger partial charge < -0.3 is 5.32 Å². The quantitative estimate of drug-likeness (QED) is 0.860. The van der Waals surface area contributed by atoms with Crippen LogP contribution in [0.5, 0.6) is 0 Å². The molecular weight excluding hydrogens is 313 g/mol. The number of benzene rings is 1. The van der Waals surface area contributed by atoms with Gasteiger partial charge in [-0.25, -0.2) is 9.97 Å². The second-order valence-corrected chi connectivity index (χ2v) is 4.77. The van der Waals surface area contributed by atoms with Crippen molar-refractivity contribution >= 4 is 34.1 Å². The van der Waals surface area contributed by atoms with E-state index < -0.39 is 0 Å². The van der Waals surface area contributed by atoms with Crippen LogP contribution in [0, 0.1) is 17.4 Å². The number of hydrogen-bond donors (Lipinski definition) is 1. The zero-order chi connectivity index (χ0) is 11.5. The van der Waals surface area contributed by atoms with Crippen molar-refractivity contribution in [3.05, 3.63) is 45.4 Å². The molecule has 1 aromatic carbocycles. The van der Waals surface area contributed by atoms with E-state index in [-0.39, 0.29) is 0 Å². The zero-order valence-electron chi connectivity index (χ0n) is 9.16. The summed E-state index contributed by atoms with van der Waals surface area (Å²) in [5.74, 6) is 0.855. The minimum atomic E-state index is 0.855. The van der Waals surface area contributed by atoms with E-state index in [4.69, 9.17) is 0 Å². The molecule has 0 amide bonds. The standard InChI is InChI=1S/C12H12IN3/c1-8-4-3-5-9(2)11(8)16-12-10(13)6-14-7-15-12/h3-7H,1-2H3,(H,14,15,16). The molecule has 1 N–H and O–H groups in total. The van der Waals surface area contributed by atoms with Crippen molar-refractivity contribution in [3.8, 4) is 0 Å². The third kappa shape index (κ3) is 2.32. The maximum absolute atomic E-state index is 4.23. The Kier molecular flexibility index (Phi) is 3.38. The van der Waals surface area contributed by atoms with Crippen LogP contribution in [0.3, 0.4) is 0 Å². The molecule has 0 aliphatic carbocycles. The van der Waals surface area contributed by atoms with Gasteiger partial charge >= 0.3 is 0 Å². The van der Waals surface area contributed by atoms with Crippen LogP contribution in [-0.4, -0.2) is 9.97 Å². The lowest BCUT2D eigenvalue weighted by atomic mass is 10.1. The van der Waals surface area contributed by atoms with Gasteiger partial charge in [0.15, 0.2) is 0 Å². The molecule has 1 heterocycles. The average Bonchev–Trinajstić information content (AvgIpc) is 2.26. The largest absolute Gasteiger partial charge is 0.339 e. The minimum absolute atomic E-state index is 0.855. The third-order valence-corrected chi connectivity index (χ3v) is 3.18. The number of nitrogens with one attached hydrogen (secondary N) is 1. The molecular formula is C12H12IN3. The van der Waals surface area contributed by atoms with E-state index in [1.165, 1.54) is 11.1 Å². The fourth-order valence-electron chi connectivity index (χ4n) is 1.53. The Morgan fingerprint density at radius 2 is 1.88 bits per heavy atom. The smallest absolute Gasteiger partial charge is 0.147 e. The molecule has 0 unspecified atom stereocenters. The molecule has 0 spiro atoms. The number of aromatic nitrogens is 2. The first-order valence-corrected chi connectivity index (χ1v) is 6.05. The topological polar surface area (TPSA) is 37.8 Å². The molecule has 0 saturated heterocycles. The monoisotopic (exact) mass is 325 g/mol. The van der Waals surface area contributed by atoms with Crippen LogP contribution in [0.15, 0.2) is 30.7 Å². The highest BCUT2D eigenvalue weighted by Gasteiger charge is 2.05. The van der Waals surface area contributed by atoms with Crippen LogP contribution in [0.2, 0.25) is 0 Å². The lowest BCUT2D eigenvalue weighted by molar-refractivity contribution is 1.15. The average molecular weight is 325 g/mol. The van der Waals surface area contributed by atoms with E-state index in [1.807, 2.05) is 0 Å². The van der Waals surface area contributed by atoms with Gasteiger partial charge in [0.25, 0.3) is 0 Å². The molecule has 0 aliphatic heterocycles. The summed E-state index contributed by atoms with van der Waals surface area (Å²) < 4.78 is 1.02. The van der Waals surface area contributed by atoms with Crippen molar-refractivity contribution in [2.24, 2.45) is 0 Å². The van der Waals surface area contributed by atoms with Crippen LogP contribution in [0.25, 0.3) is 0 Å². The normalized spacial score (nSPS) is 10.2. The molecule has 3 nitrogen and oxygen atoms in total. The highest BCUT2D eigenvalue weighted by Crippen LogP contribution is 2.25. The van der Waals surface area contributed by atoms with Gasteiger partial charge in [-0.15, -0.1) is 0 Å². The first-order valence-electron chi connectivity index (χ1n) is 4.97. The summed E-state index contributed by atoms with van der Waals surface area (Å²) >= 11 is 2.22. The van der Waals surface area contributed by atoms with Crippen molar-refractivity contribution in [2.75, 3.05) is 5.32 Å². The summed E-state index contributed by atoms with van der Waals surface area (Å²) in [6.07, 6.45) is 3.35. The molecule has 0 aliphatic rings. The van der Waals surface area contributed by atoms with E-state index in [0.29, 0.717) is 0 Å². The number of halogens is 1. The minimum Gasteiger partial charge on any atom is -0.339 e. The van der Waals surface area contributed by atoms with Crippen molar-refractivity contribution in [1.29, 1.82) is 0 Å². The van der Waals surface area contributed by atoms with Crippen LogP contribution >= 0.6 is 22.6 Å². The molecule has 0 saturated carbocycles. The lowest BCUT2D eigenvalue weighted by Gasteiger charge is -2.12. The molecule has 0 fully saturated rings. The number of anilines is 2. The van der Waals surface area contributed by atoms with E-state index in [0.717, 1.165) is 15.1 Å². The number of nitrogens with zero attached hydrogens (tertiary/aromatic N) is 2. The lowest BCUT2D eigenvalue weighted by Crippen LogP contribution is -2.00. The summed E-state index contributed by atoms with van der Waals surface area (Å²) in [7, 11) is 0. The van der Waals surface area contributed by atoms with Crippen molar-refractivity contribution < 1.29 is 0 Å². The molecule has 0 bridgehead atoms. The second kappa shape index (κ2) is 4.78. The van der Waals surface area contributed by atoms with E-state index in [9.17, 15) is 0 Å². The van der Waals surface area contributed by atoms with Gasteiger partial charge in [0.05, 0.1) is 3.57 Å². The summed E-state index contributed by atoms with van der Waals surface area (Å²) in [5, 5.41) is 3.35. The molecule has 2 rings (SSSR count). The Bertz CT molecular complexity index is 491. The van der Waals surface area contributed by atoms with Gasteiger partial charge in [0.1, 0.15) is 12.1 Å². The second-order valence-electron chi connectivity index (χ2n) is 3.61. The van der Waals surface area contributed by atoms with Crippen molar-refractivity contribution in [3.63, 3.8) is 0 Å². The van der Waals surface area contributed by atoms with Crippen molar-refractivity contribution in [2.45, 2.75) is 13.8 Å². The van der Waals surface area contributed by atoms with Crippen LogP contribution in [-0.2, 0) is 0 Å². The maximum atomic E-state index is 4.23. The van der Waals surface area contributed by atoms with E-state index in [2.05, 4.69) is 69.9 Å². The molecule has 0 radical (unpaired) electrons. The van der Waals surface area contributed by atoms with Crippen LogP contribution in [0.4, 0.5) is 11.5 Å².